The van der Waals surface area contributed by atoms with Gasteiger partial charge in [0.05, 0.1) is 18.6 Å². The fourth-order valence-electron chi connectivity index (χ4n) is 2.67. The predicted octanol–water partition coefficient (Wildman–Crippen LogP) is 0.0382. The van der Waals surface area contributed by atoms with Gasteiger partial charge in [-0.2, -0.15) is 0 Å². The highest BCUT2D eigenvalue weighted by molar-refractivity contribution is 7.91. The van der Waals surface area contributed by atoms with Gasteiger partial charge in [-0.15, -0.1) is 0 Å². The van der Waals surface area contributed by atoms with E-state index in [-0.39, 0.29) is 11.5 Å². The van der Waals surface area contributed by atoms with Crippen molar-refractivity contribution in [2.75, 3.05) is 44.8 Å². The summed E-state index contributed by atoms with van der Waals surface area (Å²) in [7, 11) is -1.88. The molecule has 0 radical (unpaired) electrons. The van der Waals surface area contributed by atoms with E-state index in [0.717, 1.165) is 19.6 Å². The highest BCUT2D eigenvalue weighted by Crippen LogP contribution is 2.24. The van der Waals surface area contributed by atoms with Crippen molar-refractivity contribution in [1.29, 1.82) is 0 Å². The summed E-state index contributed by atoms with van der Waals surface area (Å²) in [5.41, 5.74) is -1.07. The van der Waals surface area contributed by atoms with Crippen LogP contribution in [0, 0.1) is 0 Å². The Morgan fingerprint density at radius 3 is 2.50 bits per heavy atom. The van der Waals surface area contributed by atoms with Crippen LogP contribution in [0.5, 0.6) is 0 Å². The topological polar surface area (TPSA) is 75.7 Å². The second-order valence-electron chi connectivity index (χ2n) is 5.22. The molecule has 118 valence electrons. The number of nitrogens with one attached hydrogen (secondary N) is 1. The first-order chi connectivity index (χ1) is 9.39. The van der Waals surface area contributed by atoms with Crippen LogP contribution in [-0.2, 0) is 19.4 Å². The number of esters is 1. The fourth-order valence-corrected chi connectivity index (χ4v) is 4.52. The first kappa shape index (κ1) is 17.4. The van der Waals surface area contributed by atoms with Crippen LogP contribution in [0.2, 0.25) is 0 Å². The molecular formula is C13H26N2O4S. The van der Waals surface area contributed by atoms with E-state index in [1.807, 2.05) is 0 Å². The van der Waals surface area contributed by atoms with Gasteiger partial charge in [0.1, 0.15) is 5.54 Å². The quantitative estimate of drug-likeness (QED) is 0.669. The van der Waals surface area contributed by atoms with Crippen LogP contribution in [0.3, 0.4) is 0 Å². The number of carbonyl (C=O) groups excluding carboxylic acids is 1. The lowest BCUT2D eigenvalue weighted by Gasteiger charge is -2.35. The molecule has 0 bridgehead atoms. The van der Waals surface area contributed by atoms with Gasteiger partial charge in [-0.1, -0.05) is 13.8 Å². The number of carbonyl (C=O) groups is 1. The average molecular weight is 306 g/mol. The van der Waals surface area contributed by atoms with Crippen molar-refractivity contribution in [3.63, 3.8) is 0 Å². The molecule has 6 nitrogen and oxygen atoms in total. The Hall–Kier alpha value is -0.660. The first-order valence-electron chi connectivity index (χ1n) is 7.15. The maximum atomic E-state index is 12.0. The van der Waals surface area contributed by atoms with E-state index < -0.39 is 21.3 Å². The number of hydrogen-bond donors (Lipinski definition) is 1. The maximum Gasteiger partial charge on any atom is 0.327 e. The Morgan fingerprint density at radius 2 is 2.00 bits per heavy atom. The molecule has 0 aliphatic carbocycles. The zero-order chi connectivity index (χ0) is 15.2. The van der Waals surface area contributed by atoms with Gasteiger partial charge in [-0.3, -0.25) is 10.1 Å². The van der Waals surface area contributed by atoms with Crippen molar-refractivity contribution in [3.8, 4) is 0 Å². The number of methoxy groups -OCH3 is 1. The monoisotopic (exact) mass is 306 g/mol. The second kappa shape index (κ2) is 7.38. The van der Waals surface area contributed by atoms with Crippen LogP contribution in [0.4, 0.5) is 0 Å². The zero-order valence-electron chi connectivity index (χ0n) is 12.6. The van der Waals surface area contributed by atoms with E-state index in [9.17, 15) is 13.2 Å². The molecule has 0 saturated carbocycles. The molecule has 0 aromatic carbocycles. The van der Waals surface area contributed by atoms with Crippen molar-refractivity contribution in [3.05, 3.63) is 0 Å². The minimum absolute atomic E-state index is 0.156. The van der Waals surface area contributed by atoms with Crippen molar-refractivity contribution >= 4 is 15.8 Å². The molecule has 1 rings (SSSR count). The molecule has 1 N–H and O–H groups in total. The van der Waals surface area contributed by atoms with Crippen LogP contribution in [-0.4, -0.2) is 69.6 Å². The van der Waals surface area contributed by atoms with Gasteiger partial charge in [0, 0.05) is 13.1 Å². The highest BCUT2D eigenvalue weighted by Gasteiger charge is 2.45. The van der Waals surface area contributed by atoms with Crippen LogP contribution in [0.25, 0.3) is 0 Å². The number of hydrogen-bond acceptors (Lipinski definition) is 6. The molecule has 0 aromatic rings. The van der Waals surface area contributed by atoms with Gasteiger partial charge in [0.15, 0.2) is 9.84 Å². The normalized spacial score (nSPS) is 25.6. The first-order valence-corrected chi connectivity index (χ1v) is 8.97. The van der Waals surface area contributed by atoms with Gasteiger partial charge < -0.3 is 9.64 Å². The lowest BCUT2D eigenvalue weighted by Crippen LogP contribution is -2.60. The summed E-state index contributed by atoms with van der Waals surface area (Å²) < 4.78 is 28.5. The summed E-state index contributed by atoms with van der Waals surface area (Å²) >= 11 is 0. The Morgan fingerprint density at radius 1 is 1.35 bits per heavy atom. The summed E-state index contributed by atoms with van der Waals surface area (Å²) in [6.45, 7) is 7.37. The van der Waals surface area contributed by atoms with Gasteiger partial charge in [-0.05, 0) is 25.9 Å². The van der Waals surface area contributed by atoms with Crippen LogP contribution in [0.1, 0.15) is 26.7 Å². The number of sulfone groups is 1. The summed E-state index contributed by atoms with van der Waals surface area (Å²) in [5, 5.41) is 3.15. The van der Waals surface area contributed by atoms with E-state index in [1.165, 1.54) is 7.11 Å². The Kier molecular flexibility index (Phi) is 6.42. The summed E-state index contributed by atoms with van der Waals surface area (Å²) in [6, 6.07) is 0. The number of likely N-dealkylation sites (N-methyl/N-ethyl adjacent to an activating group) is 1. The van der Waals surface area contributed by atoms with Gasteiger partial charge in [0.2, 0.25) is 0 Å². The molecule has 1 fully saturated rings. The molecule has 0 spiro atoms. The molecule has 1 heterocycles. The molecule has 1 aliphatic heterocycles. The van der Waals surface area contributed by atoms with E-state index in [4.69, 9.17) is 4.74 Å². The Bertz CT molecular complexity index is 420. The van der Waals surface area contributed by atoms with Crippen molar-refractivity contribution < 1.29 is 17.9 Å². The average Bonchev–Trinajstić information content (AvgIpc) is 2.41. The molecule has 1 unspecified atom stereocenters. The molecule has 20 heavy (non-hydrogen) atoms. The third kappa shape index (κ3) is 4.43. The standard InChI is InChI=1S/C13H26N2O4S/c1-4-15(5-2)9-8-14-13(12(16)19-3)7-6-10-20(17,18)11-13/h14H,4-11H2,1-3H3. The molecule has 7 heteroatoms. The maximum absolute atomic E-state index is 12.0. The van der Waals surface area contributed by atoms with Crippen LogP contribution in [0.15, 0.2) is 0 Å². The largest absolute Gasteiger partial charge is 0.468 e. The summed E-state index contributed by atoms with van der Waals surface area (Å²) in [4.78, 5) is 14.2. The minimum atomic E-state index is -3.18. The van der Waals surface area contributed by atoms with Crippen molar-refractivity contribution in [1.82, 2.24) is 10.2 Å². The smallest absolute Gasteiger partial charge is 0.327 e. The van der Waals surface area contributed by atoms with Crippen LogP contribution < -0.4 is 5.32 Å². The third-order valence-electron chi connectivity index (χ3n) is 3.89. The van der Waals surface area contributed by atoms with E-state index in [2.05, 4.69) is 24.1 Å². The van der Waals surface area contributed by atoms with Gasteiger partial charge in [0.25, 0.3) is 0 Å². The molecule has 1 aliphatic rings. The van der Waals surface area contributed by atoms with E-state index in [1.54, 1.807) is 0 Å². The number of nitrogens with zero attached hydrogens (tertiary/aromatic N) is 1. The molecule has 0 aromatic heterocycles. The predicted molar refractivity (Wildman–Crippen MR) is 78.4 cm³/mol. The molecule has 1 atom stereocenters. The summed E-state index contributed by atoms with van der Waals surface area (Å²) in [6.07, 6.45) is 1.01. The highest BCUT2D eigenvalue weighted by atomic mass is 32.2. The summed E-state index contributed by atoms with van der Waals surface area (Å²) in [5.74, 6) is -0.477. The third-order valence-corrected chi connectivity index (χ3v) is 5.73. The SMILES string of the molecule is CCN(CC)CCNC1(C(=O)OC)CCCS(=O)(=O)C1. The van der Waals surface area contributed by atoms with Gasteiger partial charge >= 0.3 is 5.97 Å². The zero-order valence-corrected chi connectivity index (χ0v) is 13.5. The van der Waals surface area contributed by atoms with Gasteiger partial charge in [-0.25, -0.2) is 8.42 Å². The fraction of sp³-hybridized carbons (Fsp3) is 0.923. The Labute approximate surface area is 121 Å². The lowest BCUT2D eigenvalue weighted by molar-refractivity contribution is -0.148. The lowest BCUT2D eigenvalue weighted by atomic mass is 9.95. The molecule has 1 saturated heterocycles. The van der Waals surface area contributed by atoms with Crippen molar-refractivity contribution in [2.45, 2.75) is 32.2 Å². The second-order valence-corrected chi connectivity index (χ2v) is 7.41. The van der Waals surface area contributed by atoms with E-state index in [0.29, 0.717) is 19.4 Å². The van der Waals surface area contributed by atoms with Crippen molar-refractivity contribution in [2.24, 2.45) is 0 Å². The van der Waals surface area contributed by atoms with Crippen LogP contribution >= 0.6 is 0 Å². The number of rotatable bonds is 7. The van der Waals surface area contributed by atoms with E-state index >= 15 is 0 Å². The number of ether oxygens (including phenoxy) is 1. The molecular weight excluding hydrogens is 280 g/mol. The Balaban J connectivity index is 2.72. The molecule has 0 amide bonds. The minimum Gasteiger partial charge on any atom is -0.468 e.